The van der Waals surface area contributed by atoms with Gasteiger partial charge in [-0.05, 0) is 49.4 Å². The molecule has 8 nitrogen and oxygen atoms in total. The van der Waals surface area contributed by atoms with Crippen LogP contribution < -0.4 is 15.6 Å². The molecule has 1 amide bonds. The van der Waals surface area contributed by atoms with E-state index in [9.17, 15) is 9.59 Å². The zero-order chi connectivity index (χ0) is 21.6. The number of nitrogens with one attached hydrogen (secondary N) is 1. The van der Waals surface area contributed by atoms with E-state index < -0.39 is 5.91 Å². The highest BCUT2D eigenvalue weighted by Crippen LogP contribution is 2.16. The van der Waals surface area contributed by atoms with E-state index in [-0.39, 0.29) is 24.4 Å². The molecule has 31 heavy (non-hydrogen) atoms. The Hall–Kier alpha value is -4.20. The summed E-state index contributed by atoms with van der Waals surface area (Å²) in [6.07, 6.45) is 1.72. The van der Waals surface area contributed by atoms with Gasteiger partial charge in [-0.1, -0.05) is 24.3 Å². The Labute approximate surface area is 178 Å². The molecule has 0 atom stereocenters. The van der Waals surface area contributed by atoms with Crippen LogP contribution in [0.4, 0.5) is 5.69 Å². The Bertz CT molecular complexity index is 1250. The fraction of sp³-hybridized carbons (Fsp3) is 0.130. The van der Waals surface area contributed by atoms with Gasteiger partial charge in [0.25, 0.3) is 11.5 Å². The molecule has 0 saturated carbocycles. The van der Waals surface area contributed by atoms with Gasteiger partial charge in [0.1, 0.15) is 18.1 Å². The molecule has 0 spiro atoms. The van der Waals surface area contributed by atoms with Crippen LogP contribution in [0.5, 0.6) is 5.75 Å². The van der Waals surface area contributed by atoms with Gasteiger partial charge < -0.3 is 10.1 Å². The second-order valence-corrected chi connectivity index (χ2v) is 6.83. The number of amides is 1. The lowest BCUT2D eigenvalue weighted by Crippen LogP contribution is -2.28. The number of para-hydroxylation sites is 1. The van der Waals surface area contributed by atoms with Gasteiger partial charge in [0.05, 0.1) is 12.2 Å². The summed E-state index contributed by atoms with van der Waals surface area (Å²) in [7, 11) is 0. The highest BCUT2D eigenvalue weighted by molar-refractivity contribution is 6.02. The number of anilines is 1. The lowest BCUT2D eigenvalue weighted by Gasteiger charge is -2.10. The second-order valence-electron chi connectivity index (χ2n) is 6.83. The molecule has 0 unspecified atom stereocenters. The summed E-state index contributed by atoms with van der Waals surface area (Å²) in [5.41, 5.74) is 2.25. The molecule has 0 radical (unpaired) electrons. The van der Waals surface area contributed by atoms with Crippen LogP contribution in [0.25, 0.3) is 5.69 Å². The predicted molar refractivity (Wildman–Crippen MR) is 117 cm³/mol. The summed E-state index contributed by atoms with van der Waals surface area (Å²) in [6, 6.07) is 21.3. The predicted octanol–water partition coefficient (Wildman–Crippen LogP) is 3.07. The average Bonchev–Trinajstić information content (AvgIpc) is 3.22. The minimum Gasteiger partial charge on any atom is -0.492 e. The zero-order valence-corrected chi connectivity index (χ0v) is 16.9. The topological polar surface area (TPSA) is 91.0 Å². The average molecular weight is 415 g/mol. The minimum absolute atomic E-state index is 0.139. The van der Waals surface area contributed by atoms with Crippen LogP contribution in [0.3, 0.4) is 0 Å². The third-order valence-electron chi connectivity index (χ3n) is 4.59. The fourth-order valence-corrected chi connectivity index (χ4v) is 3.05. The molecular formula is C23H21N5O3. The number of nitrogens with zero attached hydrogens (tertiary/aromatic N) is 4. The lowest BCUT2D eigenvalue weighted by molar-refractivity contribution is 0.101. The third kappa shape index (κ3) is 4.87. The normalized spacial score (nSPS) is 10.6. The maximum Gasteiger partial charge on any atom is 0.276 e. The number of carbonyl (C=O) groups excluding carboxylic acids is 1. The second kappa shape index (κ2) is 9.08. The molecule has 0 aliphatic heterocycles. The van der Waals surface area contributed by atoms with Gasteiger partial charge in [0.15, 0.2) is 0 Å². The number of aromatic nitrogens is 4. The molecule has 0 bridgehead atoms. The summed E-state index contributed by atoms with van der Waals surface area (Å²) in [5.74, 6) is 0.295. The van der Waals surface area contributed by atoms with Gasteiger partial charge in [-0.2, -0.15) is 10.2 Å². The van der Waals surface area contributed by atoms with Gasteiger partial charge in [-0.3, -0.25) is 9.59 Å². The maximum absolute atomic E-state index is 12.7. The summed E-state index contributed by atoms with van der Waals surface area (Å²) in [5, 5.41) is 11.3. The van der Waals surface area contributed by atoms with Gasteiger partial charge in [0.2, 0.25) is 0 Å². The van der Waals surface area contributed by atoms with Crippen LogP contribution in [-0.4, -0.2) is 32.1 Å². The van der Waals surface area contributed by atoms with Crippen LogP contribution in [0, 0.1) is 6.92 Å². The van der Waals surface area contributed by atoms with Crippen molar-refractivity contribution in [3.63, 3.8) is 0 Å². The Kier molecular flexibility index (Phi) is 5.89. The quantitative estimate of drug-likeness (QED) is 0.501. The van der Waals surface area contributed by atoms with E-state index in [4.69, 9.17) is 4.74 Å². The van der Waals surface area contributed by atoms with Crippen molar-refractivity contribution in [2.24, 2.45) is 0 Å². The molecule has 0 fully saturated rings. The molecule has 0 aliphatic rings. The molecule has 8 heteroatoms. The number of rotatable bonds is 7. The van der Waals surface area contributed by atoms with Gasteiger partial charge in [0, 0.05) is 23.6 Å². The largest absolute Gasteiger partial charge is 0.492 e. The molecule has 0 saturated heterocycles. The minimum atomic E-state index is -0.410. The van der Waals surface area contributed by atoms with Crippen molar-refractivity contribution in [1.82, 2.24) is 19.6 Å². The van der Waals surface area contributed by atoms with Gasteiger partial charge >= 0.3 is 0 Å². The van der Waals surface area contributed by atoms with Crippen LogP contribution in [0.1, 0.15) is 16.2 Å². The van der Waals surface area contributed by atoms with E-state index >= 15 is 0 Å². The molecule has 4 rings (SSSR count). The Morgan fingerprint density at radius 3 is 2.65 bits per heavy atom. The third-order valence-corrected chi connectivity index (χ3v) is 4.59. The van der Waals surface area contributed by atoms with Gasteiger partial charge in [-0.15, -0.1) is 0 Å². The molecule has 2 heterocycles. The summed E-state index contributed by atoms with van der Waals surface area (Å²) < 4.78 is 8.61. The van der Waals surface area contributed by atoms with Crippen LogP contribution in [0.15, 0.2) is 83.8 Å². The van der Waals surface area contributed by atoms with Crippen LogP contribution >= 0.6 is 0 Å². The highest BCUT2D eigenvalue weighted by Gasteiger charge is 2.11. The van der Waals surface area contributed by atoms with Crippen LogP contribution in [0.2, 0.25) is 0 Å². The fourth-order valence-electron chi connectivity index (χ4n) is 3.05. The summed E-state index contributed by atoms with van der Waals surface area (Å²) in [6.45, 7) is 2.43. The summed E-state index contributed by atoms with van der Waals surface area (Å²) in [4.78, 5) is 24.8. The molecule has 2 aromatic carbocycles. The van der Waals surface area contributed by atoms with Crippen LogP contribution in [-0.2, 0) is 6.54 Å². The van der Waals surface area contributed by atoms with E-state index in [0.717, 1.165) is 11.4 Å². The molecule has 156 valence electrons. The Morgan fingerprint density at radius 2 is 1.87 bits per heavy atom. The monoisotopic (exact) mass is 415 g/mol. The van der Waals surface area contributed by atoms with E-state index in [1.807, 2.05) is 61.5 Å². The Morgan fingerprint density at radius 1 is 1.03 bits per heavy atom. The molecular weight excluding hydrogens is 394 g/mol. The molecule has 1 N–H and O–H groups in total. The van der Waals surface area contributed by atoms with E-state index in [2.05, 4.69) is 15.5 Å². The lowest BCUT2D eigenvalue weighted by atomic mass is 10.2. The number of benzene rings is 2. The van der Waals surface area contributed by atoms with Crippen molar-refractivity contribution in [2.45, 2.75) is 13.5 Å². The first-order chi connectivity index (χ1) is 15.1. The van der Waals surface area contributed by atoms with Crippen molar-refractivity contribution < 1.29 is 9.53 Å². The SMILES string of the molecule is Cc1ccnn1-c1cccc(NC(=O)c2ccc(=O)n(CCOc3ccccc3)n2)c1. The number of carbonyl (C=O) groups is 1. The standard InChI is InChI=1S/C23H21N5O3/c1-17-12-13-24-28(17)19-7-5-6-18(16-19)25-23(30)21-10-11-22(29)27(26-21)14-15-31-20-8-3-2-4-9-20/h2-13,16H,14-15H2,1H3,(H,25,30). The molecule has 0 aliphatic carbocycles. The van der Waals surface area contributed by atoms with E-state index in [1.54, 1.807) is 16.9 Å². The zero-order valence-electron chi connectivity index (χ0n) is 16.9. The maximum atomic E-state index is 12.7. The Balaban J connectivity index is 1.45. The number of aryl methyl sites for hydroxylation is 1. The first-order valence-electron chi connectivity index (χ1n) is 9.78. The number of ether oxygens (including phenoxy) is 1. The van der Waals surface area contributed by atoms with Crippen molar-refractivity contribution in [3.05, 3.63) is 101 Å². The first-order valence-corrected chi connectivity index (χ1v) is 9.78. The molecule has 2 aromatic heterocycles. The number of hydrogen-bond acceptors (Lipinski definition) is 5. The van der Waals surface area contributed by atoms with E-state index in [0.29, 0.717) is 11.4 Å². The number of hydrogen-bond donors (Lipinski definition) is 1. The van der Waals surface area contributed by atoms with Crippen molar-refractivity contribution in [2.75, 3.05) is 11.9 Å². The van der Waals surface area contributed by atoms with Crippen molar-refractivity contribution in [1.29, 1.82) is 0 Å². The first kappa shape index (κ1) is 20.1. The summed E-state index contributed by atoms with van der Waals surface area (Å²) >= 11 is 0. The smallest absolute Gasteiger partial charge is 0.276 e. The van der Waals surface area contributed by atoms with Crippen molar-refractivity contribution in [3.8, 4) is 11.4 Å². The van der Waals surface area contributed by atoms with Crippen molar-refractivity contribution >= 4 is 11.6 Å². The van der Waals surface area contributed by atoms with Gasteiger partial charge in [-0.25, -0.2) is 9.36 Å². The highest BCUT2D eigenvalue weighted by atomic mass is 16.5. The molecule has 4 aromatic rings. The van der Waals surface area contributed by atoms with E-state index in [1.165, 1.54) is 16.8 Å².